The second kappa shape index (κ2) is 7.09. The van der Waals surface area contributed by atoms with E-state index in [0.29, 0.717) is 0 Å². The number of methoxy groups -OCH3 is 1. The van der Waals surface area contributed by atoms with Crippen molar-refractivity contribution < 1.29 is 4.74 Å². The summed E-state index contributed by atoms with van der Waals surface area (Å²) in [5.41, 5.74) is 0.914. The van der Waals surface area contributed by atoms with Gasteiger partial charge in [-0.05, 0) is 39.9 Å². The van der Waals surface area contributed by atoms with Crippen LogP contribution in [0.15, 0.2) is 6.20 Å². The normalized spacial score (nSPS) is 18.8. The lowest BCUT2D eigenvalue weighted by molar-refractivity contribution is -0.101. The third-order valence-electron chi connectivity index (χ3n) is 4.41. The average Bonchev–Trinajstić information content (AvgIpc) is 2.75. The Bertz CT molecular complexity index is 451. The molecule has 1 heterocycles. The molecule has 1 aromatic heterocycles. The predicted molar refractivity (Wildman–Crippen MR) is 85.8 cm³/mol. The van der Waals surface area contributed by atoms with Crippen molar-refractivity contribution in [2.45, 2.75) is 44.4 Å². The zero-order chi connectivity index (χ0) is 15.5. The van der Waals surface area contributed by atoms with Gasteiger partial charge in [-0.15, -0.1) is 0 Å². The first-order chi connectivity index (χ1) is 10.0. The number of halogens is 1. The van der Waals surface area contributed by atoms with Crippen LogP contribution in [-0.4, -0.2) is 54.6 Å². The Morgan fingerprint density at radius 1 is 1.52 bits per heavy atom. The summed E-state index contributed by atoms with van der Waals surface area (Å²) in [5.74, 6) is 0. The Morgan fingerprint density at radius 2 is 2.24 bits per heavy atom. The summed E-state index contributed by atoms with van der Waals surface area (Å²) >= 11 is 6.44. The van der Waals surface area contributed by atoms with E-state index in [1.54, 1.807) is 13.3 Å². The SMILES string of the molecule is CCNC(c1c(Cl)cnn1CCN(C)C)C1(OC)CCC1. The summed E-state index contributed by atoms with van der Waals surface area (Å²) in [7, 11) is 5.93. The van der Waals surface area contributed by atoms with Crippen LogP contribution in [-0.2, 0) is 11.3 Å². The number of likely N-dealkylation sites (N-methyl/N-ethyl adjacent to an activating group) is 2. The molecule has 6 heteroatoms. The summed E-state index contributed by atoms with van der Waals surface area (Å²) in [6.45, 7) is 4.76. The highest BCUT2D eigenvalue weighted by Crippen LogP contribution is 2.46. The molecule has 1 atom stereocenters. The summed E-state index contributed by atoms with van der Waals surface area (Å²) in [5, 5.41) is 8.75. The molecule has 2 rings (SSSR count). The monoisotopic (exact) mass is 314 g/mol. The van der Waals surface area contributed by atoms with Gasteiger partial charge in [0.05, 0.1) is 35.1 Å². The molecule has 1 aliphatic carbocycles. The molecule has 120 valence electrons. The van der Waals surface area contributed by atoms with Crippen molar-refractivity contribution in [1.29, 1.82) is 0 Å². The highest BCUT2D eigenvalue weighted by Gasteiger charge is 2.46. The Morgan fingerprint density at radius 3 is 2.71 bits per heavy atom. The summed E-state index contributed by atoms with van der Waals surface area (Å²) in [6, 6.07) is 0.0958. The minimum Gasteiger partial charge on any atom is -0.376 e. The maximum atomic E-state index is 6.44. The molecule has 1 N–H and O–H groups in total. The zero-order valence-electron chi connectivity index (χ0n) is 13.5. The van der Waals surface area contributed by atoms with E-state index in [0.717, 1.165) is 43.2 Å². The topological polar surface area (TPSA) is 42.3 Å². The van der Waals surface area contributed by atoms with Gasteiger partial charge in [0.1, 0.15) is 0 Å². The Labute approximate surface area is 132 Å². The van der Waals surface area contributed by atoms with Crippen LogP contribution in [0.3, 0.4) is 0 Å². The van der Waals surface area contributed by atoms with Crippen molar-refractivity contribution >= 4 is 11.6 Å². The van der Waals surface area contributed by atoms with Crippen molar-refractivity contribution in [2.75, 3.05) is 34.3 Å². The van der Waals surface area contributed by atoms with E-state index in [1.165, 1.54) is 6.42 Å². The number of ether oxygens (including phenoxy) is 1. The Balaban J connectivity index is 2.29. The van der Waals surface area contributed by atoms with E-state index in [1.807, 2.05) is 4.68 Å². The van der Waals surface area contributed by atoms with Crippen molar-refractivity contribution in [3.63, 3.8) is 0 Å². The molecule has 1 unspecified atom stereocenters. The van der Waals surface area contributed by atoms with Gasteiger partial charge in [0.15, 0.2) is 0 Å². The summed E-state index contributed by atoms with van der Waals surface area (Å²) in [6.07, 6.45) is 5.09. The maximum absolute atomic E-state index is 6.44. The molecular formula is C15H27ClN4O. The van der Waals surface area contributed by atoms with Gasteiger partial charge in [0, 0.05) is 13.7 Å². The van der Waals surface area contributed by atoms with Gasteiger partial charge >= 0.3 is 0 Å². The van der Waals surface area contributed by atoms with Gasteiger partial charge in [0.25, 0.3) is 0 Å². The van der Waals surface area contributed by atoms with E-state index in [-0.39, 0.29) is 11.6 Å². The van der Waals surface area contributed by atoms with Gasteiger partial charge in [-0.3, -0.25) is 4.68 Å². The van der Waals surface area contributed by atoms with Gasteiger partial charge in [0.2, 0.25) is 0 Å². The molecule has 0 amide bonds. The smallest absolute Gasteiger partial charge is 0.0888 e. The molecule has 0 saturated heterocycles. The first kappa shape index (κ1) is 16.7. The van der Waals surface area contributed by atoms with Crippen molar-refractivity contribution in [3.8, 4) is 0 Å². The fourth-order valence-electron chi connectivity index (χ4n) is 3.00. The lowest BCUT2D eigenvalue weighted by atomic mass is 9.73. The lowest BCUT2D eigenvalue weighted by Gasteiger charge is -2.47. The van der Waals surface area contributed by atoms with E-state index in [9.17, 15) is 0 Å². The number of aromatic nitrogens is 2. The third-order valence-corrected chi connectivity index (χ3v) is 4.70. The van der Waals surface area contributed by atoms with Gasteiger partial charge in [-0.1, -0.05) is 18.5 Å². The molecule has 0 aliphatic heterocycles. The number of rotatable bonds is 8. The van der Waals surface area contributed by atoms with Crippen LogP contribution in [0.25, 0.3) is 0 Å². The van der Waals surface area contributed by atoms with E-state index in [4.69, 9.17) is 16.3 Å². The molecule has 1 saturated carbocycles. The van der Waals surface area contributed by atoms with E-state index >= 15 is 0 Å². The number of nitrogens with zero attached hydrogens (tertiary/aromatic N) is 3. The van der Waals surface area contributed by atoms with Crippen LogP contribution in [0, 0.1) is 0 Å². The van der Waals surface area contributed by atoms with Crippen LogP contribution in [0.4, 0.5) is 0 Å². The molecule has 0 spiro atoms. The first-order valence-corrected chi connectivity index (χ1v) is 8.06. The number of nitrogens with one attached hydrogen (secondary N) is 1. The second-order valence-corrected chi connectivity index (χ2v) is 6.42. The van der Waals surface area contributed by atoms with Gasteiger partial charge in [-0.25, -0.2) is 0 Å². The van der Waals surface area contributed by atoms with Crippen LogP contribution in [0.5, 0.6) is 0 Å². The quantitative estimate of drug-likeness (QED) is 0.799. The first-order valence-electron chi connectivity index (χ1n) is 7.68. The lowest BCUT2D eigenvalue weighted by Crippen LogP contribution is -2.51. The highest BCUT2D eigenvalue weighted by atomic mass is 35.5. The fraction of sp³-hybridized carbons (Fsp3) is 0.800. The molecule has 1 fully saturated rings. The predicted octanol–water partition coefficient (Wildman–Crippen LogP) is 2.32. The van der Waals surface area contributed by atoms with Crippen molar-refractivity contribution in [1.82, 2.24) is 20.0 Å². The Hall–Kier alpha value is -0.620. The largest absolute Gasteiger partial charge is 0.376 e. The molecule has 5 nitrogen and oxygen atoms in total. The molecule has 0 bridgehead atoms. The van der Waals surface area contributed by atoms with Crippen LogP contribution < -0.4 is 5.32 Å². The minimum atomic E-state index is -0.143. The van der Waals surface area contributed by atoms with E-state index < -0.39 is 0 Å². The second-order valence-electron chi connectivity index (χ2n) is 6.02. The molecule has 1 aromatic rings. The van der Waals surface area contributed by atoms with Crippen LogP contribution in [0.1, 0.15) is 37.9 Å². The van der Waals surface area contributed by atoms with Crippen LogP contribution >= 0.6 is 11.6 Å². The number of hydrogen-bond donors (Lipinski definition) is 1. The standard InChI is InChI=1S/C15H27ClN4O/c1-5-17-14(15(21-4)7-6-8-15)13-12(16)11-18-20(13)10-9-19(2)3/h11,14,17H,5-10H2,1-4H3. The van der Waals surface area contributed by atoms with E-state index in [2.05, 4.69) is 36.3 Å². The molecule has 0 radical (unpaired) electrons. The van der Waals surface area contributed by atoms with Crippen LogP contribution in [0.2, 0.25) is 5.02 Å². The summed E-state index contributed by atoms with van der Waals surface area (Å²) in [4.78, 5) is 2.15. The third kappa shape index (κ3) is 3.42. The van der Waals surface area contributed by atoms with Gasteiger partial charge in [-0.2, -0.15) is 5.10 Å². The molecular weight excluding hydrogens is 288 g/mol. The molecule has 21 heavy (non-hydrogen) atoms. The Kier molecular flexibility index (Phi) is 5.66. The minimum absolute atomic E-state index is 0.0958. The van der Waals surface area contributed by atoms with Crippen molar-refractivity contribution in [2.24, 2.45) is 0 Å². The average molecular weight is 315 g/mol. The number of hydrogen-bond acceptors (Lipinski definition) is 4. The fourth-order valence-corrected chi connectivity index (χ4v) is 3.25. The maximum Gasteiger partial charge on any atom is 0.0888 e. The van der Waals surface area contributed by atoms with Gasteiger partial charge < -0.3 is 15.0 Å². The molecule has 0 aromatic carbocycles. The van der Waals surface area contributed by atoms with Crippen molar-refractivity contribution in [3.05, 3.63) is 16.9 Å². The highest BCUT2D eigenvalue weighted by molar-refractivity contribution is 6.31. The molecule has 1 aliphatic rings. The zero-order valence-corrected chi connectivity index (χ0v) is 14.3. The summed E-state index contributed by atoms with van der Waals surface area (Å²) < 4.78 is 7.90.